The normalized spacial score (nSPS) is 22.1. The van der Waals surface area contributed by atoms with Crippen LogP contribution in [0.1, 0.15) is 85.8 Å². The lowest BCUT2D eigenvalue weighted by Crippen LogP contribution is -2.32. The van der Waals surface area contributed by atoms with Gasteiger partial charge in [0.1, 0.15) is 5.67 Å². The molecule has 1 aliphatic heterocycles. The van der Waals surface area contributed by atoms with Gasteiger partial charge in [0.25, 0.3) is 5.91 Å². The number of carbonyl (C=O) groups is 1. The second-order valence-electron chi connectivity index (χ2n) is 7.12. The van der Waals surface area contributed by atoms with Gasteiger partial charge in [0.15, 0.2) is 0 Å². The Bertz CT molecular complexity index is 512. The molecule has 1 amide bonds. The minimum absolute atomic E-state index is 0.00873. The number of nitrogens with zero attached hydrogens (tertiary/aromatic N) is 1. The Labute approximate surface area is 137 Å². The maximum Gasteiger partial charge on any atom is 0.264 e. The van der Waals surface area contributed by atoms with Crippen molar-refractivity contribution in [3.63, 3.8) is 0 Å². The van der Waals surface area contributed by atoms with Gasteiger partial charge >= 0.3 is 0 Å². The number of halogens is 1. The van der Waals surface area contributed by atoms with Gasteiger partial charge in [-0.05, 0) is 29.9 Å². The van der Waals surface area contributed by atoms with Gasteiger partial charge in [0.2, 0.25) is 0 Å². The van der Waals surface area contributed by atoms with Crippen LogP contribution in [0.5, 0.6) is 0 Å². The predicted octanol–water partition coefficient (Wildman–Crippen LogP) is 5.35. The van der Waals surface area contributed by atoms with Gasteiger partial charge in [0.05, 0.1) is 11.4 Å². The summed E-state index contributed by atoms with van der Waals surface area (Å²) < 4.78 is 14.6. The first kappa shape index (κ1) is 17.5. The highest BCUT2D eigenvalue weighted by atomic mass is 32.1. The summed E-state index contributed by atoms with van der Waals surface area (Å²) in [6.07, 6.45) is 1.86. The van der Waals surface area contributed by atoms with Crippen LogP contribution < -0.4 is 0 Å². The molecule has 1 unspecified atom stereocenters. The molecule has 2 nitrogen and oxygen atoms in total. The molecule has 0 bridgehead atoms. The van der Waals surface area contributed by atoms with Crippen molar-refractivity contribution < 1.29 is 9.18 Å². The average molecular weight is 325 g/mol. The zero-order valence-electron chi connectivity index (χ0n) is 14.4. The molecule has 0 radical (unpaired) electrons. The molecule has 0 spiro atoms. The van der Waals surface area contributed by atoms with Crippen LogP contribution in [-0.4, -0.2) is 29.6 Å². The van der Waals surface area contributed by atoms with Gasteiger partial charge in [-0.2, -0.15) is 0 Å². The maximum absolute atomic E-state index is 14.6. The summed E-state index contributed by atoms with van der Waals surface area (Å²) in [5, 5.41) is 0. The molecule has 0 saturated carbocycles. The average Bonchev–Trinajstić information content (AvgIpc) is 3.02. The second-order valence-corrected chi connectivity index (χ2v) is 8.20. The summed E-state index contributed by atoms with van der Waals surface area (Å²) in [7, 11) is 0. The number of rotatable bonds is 5. The maximum atomic E-state index is 14.6. The first-order valence-electron chi connectivity index (χ1n) is 8.39. The van der Waals surface area contributed by atoms with E-state index in [2.05, 4.69) is 27.7 Å². The third-order valence-electron chi connectivity index (χ3n) is 4.44. The highest BCUT2D eigenvalue weighted by Crippen LogP contribution is 2.36. The van der Waals surface area contributed by atoms with Crippen LogP contribution in [0, 0.1) is 0 Å². The zero-order valence-corrected chi connectivity index (χ0v) is 15.2. The van der Waals surface area contributed by atoms with Gasteiger partial charge in [-0.1, -0.05) is 41.0 Å². The molecule has 0 N–H and O–H groups in total. The first-order chi connectivity index (χ1) is 10.3. The van der Waals surface area contributed by atoms with Gasteiger partial charge in [-0.3, -0.25) is 4.79 Å². The van der Waals surface area contributed by atoms with Crippen LogP contribution in [0.25, 0.3) is 0 Å². The molecule has 124 valence electrons. The molecule has 4 heteroatoms. The summed E-state index contributed by atoms with van der Waals surface area (Å²) in [6, 6.07) is 2.03. The van der Waals surface area contributed by atoms with E-state index >= 15 is 0 Å². The number of amides is 1. The van der Waals surface area contributed by atoms with Crippen LogP contribution in [-0.2, 0) is 0 Å². The quantitative estimate of drug-likeness (QED) is 0.714. The third-order valence-corrected chi connectivity index (χ3v) is 5.88. The Morgan fingerprint density at radius 1 is 1.36 bits per heavy atom. The molecule has 22 heavy (non-hydrogen) atoms. The van der Waals surface area contributed by atoms with Crippen LogP contribution in [0.3, 0.4) is 0 Å². The van der Waals surface area contributed by atoms with E-state index in [-0.39, 0.29) is 12.5 Å². The summed E-state index contributed by atoms with van der Waals surface area (Å²) in [6.45, 7) is 11.4. The largest absolute Gasteiger partial charge is 0.335 e. The van der Waals surface area contributed by atoms with E-state index in [0.29, 0.717) is 31.2 Å². The minimum atomic E-state index is -1.18. The van der Waals surface area contributed by atoms with E-state index in [9.17, 15) is 9.18 Å². The number of carbonyl (C=O) groups excluding carboxylic acids is 1. The van der Waals surface area contributed by atoms with Crippen LogP contribution in [0.4, 0.5) is 4.39 Å². The summed E-state index contributed by atoms with van der Waals surface area (Å²) in [4.78, 5) is 16.5. The monoisotopic (exact) mass is 325 g/mol. The fourth-order valence-electron chi connectivity index (χ4n) is 3.24. The molecule has 1 aliphatic rings. The molecule has 1 atom stereocenters. The fraction of sp³-hybridized carbons (Fsp3) is 0.722. The Kier molecular flexibility index (Phi) is 5.31. The number of likely N-dealkylation sites (tertiary alicyclic amines) is 1. The predicted molar refractivity (Wildman–Crippen MR) is 91.8 cm³/mol. The summed E-state index contributed by atoms with van der Waals surface area (Å²) >= 11 is 1.59. The van der Waals surface area contributed by atoms with E-state index in [4.69, 9.17) is 0 Å². The van der Waals surface area contributed by atoms with Crippen molar-refractivity contribution in [2.45, 2.75) is 71.4 Å². The molecule has 2 rings (SSSR count). The third kappa shape index (κ3) is 3.53. The molecular weight excluding hydrogens is 297 g/mol. The Hall–Kier alpha value is -0.900. The van der Waals surface area contributed by atoms with E-state index in [0.717, 1.165) is 11.3 Å². The molecule has 0 aromatic carbocycles. The topological polar surface area (TPSA) is 20.3 Å². The highest BCUT2D eigenvalue weighted by molar-refractivity contribution is 7.14. The number of thiophene rings is 1. The van der Waals surface area contributed by atoms with Crippen molar-refractivity contribution in [2.75, 3.05) is 13.1 Å². The van der Waals surface area contributed by atoms with E-state index in [1.165, 1.54) is 10.4 Å². The van der Waals surface area contributed by atoms with Crippen LogP contribution in [0.2, 0.25) is 0 Å². The van der Waals surface area contributed by atoms with Crippen molar-refractivity contribution in [2.24, 2.45) is 0 Å². The van der Waals surface area contributed by atoms with Crippen molar-refractivity contribution >= 4 is 17.2 Å². The Balaban J connectivity index is 2.19. The van der Waals surface area contributed by atoms with Gasteiger partial charge in [-0.25, -0.2) is 4.39 Å². The molecular formula is C18H28FNOS. The standard InChI is InChI=1S/C18H28FNOS/c1-6-7-18(19)8-9-20(11-18)17(21)15-10-14(12(2)3)16(22-15)13(4)5/h10,12-13H,6-9,11H2,1-5H3. The molecule has 0 aliphatic carbocycles. The molecule has 1 aromatic rings. The highest BCUT2D eigenvalue weighted by Gasteiger charge is 2.40. The van der Waals surface area contributed by atoms with E-state index < -0.39 is 5.67 Å². The lowest BCUT2D eigenvalue weighted by atomic mass is 9.99. The van der Waals surface area contributed by atoms with E-state index in [1.807, 2.05) is 13.0 Å². The zero-order chi connectivity index (χ0) is 16.5. The van der Waals surface area contributed by atoms with Crippen molar-refractivity contribution in [1.82, 2.24) is 4.90 Å². The van der Waals surface area contributed by atoms with E-state index in [1.54, 1.807) is 16.2 Å². The number of alkyl halides is 1. The van der Waals surface area contributed by atoms with Crippen LogP contribution >= 0.6 is 11.3 Å². The van der Waals surface area contributed by atoms with Crippen molar-refractivity contribution in [1.29, 1.82) is 0 Å². The summed E-state index contributed by atoms with van der Waals surface area (Å²) in [5.74, 6) is 0.839. The van der Waals surface area contributed by atoms with Crippen LogP contribution in [0.15, 0.2) is 6.07 Å². The van der Waals surface area contributed by atoms with Gasteiger partial charge < -0.3 is 4.90 Å². The van der Waals surface area contributed by atoms with Gasteiger partial charge in [-0.15, -0.1) is 11.3 Å². The molecule has 1 fully saturated rings. The number of hydrogen-bond donors (Lipinski definition) is 0. The number of hydrogen-bond acceptors (Lipinski definition) is 2. The molecule has 1 saturated heterocycles. The Morgan fingerprint density at radius 3 is 2.55 bits per heavy atom. The lowest BCUT2D eigenvalue weighted by Gasteiger charge is -2.20. The fourth-order valence-corrected chi connectivity index (χ4v) is 4.53. The van der Waals surface area contributed by atoms with Crippen molar-refractivity contribution in [3.05, 3.63) is 21.4 Å². The SMILES string of the molecule is CCCC1(F)CCN(C(=O)c2cc(C(C)C)c(C(C)C)s2)C1. The molecule has 1 aromatic heterocycles. The lowest BCUT2D eigenvalue weighted by molar-refractivity contribution is 0.0750. The molecule has 2 heterocycles. The minimum Gasteiger partial charge on any atom is -0.335 e. The van der Waals surface area contributed by atoms with Crippen molar-refractivity contribution in [3.8, 4) is 0 Å². The second kappa shape index (κ2) is 6.69. The Morgan fingerprint density at radius 2 is 2.05 bits per heavy atom. The smallest absolute Gasteiger partial charge is 0.264 e. The summed E-state index contributed by atoms with van der Waals surface area (Å²) in [5.41, 5.74) is 0.0892. The van der Waals surface area contributed by atoms with Gasteiger partial charge in [0, 0.05) is 17.8 Å². The first-order valence-corrected chi connectivity index (χ1v) is 9.21.